The second-order valence-corrected chi connectivity index (χ2v) is 7.40. The van der Waals surface area contributed by atoms with Gasteiger partial charge in [0.15, 0.2) is 0 Å². The third kappa shape index (κ3) is 3.49. The third-order valence-electron chi connectivity index (χ3n) is 4.46. The smallest absolute Gasteiger partial charge is 0.313 e. The van der Waals surface area contributed by atoms with E-state index in [4.69, 9.17) is 0 Å². The number of hydrogen-bond donors (Lipinski definition) is 0. The van der Waals surface area contributed by atoms with Gasteiger partial charge in [-0.15, -0.1) is 0 Å². The lowest BCUT2D eigenvalue weighted by atomic mass is 10.2. The minimum absolute atomic E-state index is 0.0722. The molecule has 154 valence electrons. The highest BCUT2D eigenvalue weighted by Crippen LogP contribution is 2.47. The van der Waals surface area contributed by atoms with Crippen LogP contribution in [0.2, 0.25) is 0 Å². The average Bonchev–Trinajstić information content (AvgIpc) is 2.76. The number of rotatable bonds is 4. The van der Waals surface area contributed by atoms with Gasteiger partial charge in [0.2, 0.25) is 34.8 Å². The van der Waals surface area contributed by atoms with Crippen molar-refractivity contribution in [3.05, 3.63) is 77.6 Å². The Morgan fingerprint density at radius 2 is 1.23 bits per heavy atom. The number of halogens is 5. The molecular weight excluding hydrogens is 425 g/mol. The van der Waals surface area contributed by atoms with Gasteiger partial charge < -0.3 is 9.64 Å². The number of nitrogens with zero attached hydrogens (tertiary/aromatic N) is 1. The van der Waals surface area contributed by atoms with Crippen LogP contribution in [0.4, 0.5) is 33.3 Å². The summed E-state index contributed by atoms with van der Waals surface area (Å²) in [6.07, 6.45) is -0.354. The van der Waals surface area contributed by atoms with Crippen LogP contribution in [0.15, 0.2) is 58.3 Å². The van der Waals surface area contributed by atoms with Crippen molar-refractivity contribution in [2.75, 3.05) is 11.4 Å². The lowest BCUT2D eigenvalue weighted by molar-refractivity contribution is -0.134. The monoisotopic (exact) mass is 437 g/mol. The van der Waals surface area contributed by atoms with Crippen molar-refractivity contribution in [2.45, 2.75) is 16.2 Å². The molecule has 0 saturated heterocycles. The number of carbonyl (C=O) groups is 1. The van der Waals surface area contributed by atoms with E-state index in [1.54, 1.807) is 11.8 Å². The summed E-state index contributed by atoms with van der Waals surface area (Å²) >= 11 is 1.56. The summed E-state index contributed by atoms with van der Waals surface area (Å²) in [5.41, 5.74) is 1.65. The molecule has 1 aliphatic rings. The first kappa shape index (κ1) is 20.2. The predicted octanol–water partition coefficient (Wildman–Crippen LogP) is 5.98. The molecule has 1 heterocycles. The summed E-state index contributed by atoms with van der Waals surface area (Å²) in [5.74, 6) is -13.8. The molecule has 3 nitrogen and oxygen atoms in total. The third-order valence-corrected chi connectivity index (χ3v) is 5.59. The Morgan fingerprint density at radius 1 is 0.767 bits per heavy atom. The number of esters is 1. The van der Waals surface area contributed by atoms with Crippen LogP contribution in [0.1, 0.15) is 6.42 Å². The van der Waals surface area contributed by atoms with Gasteiger partial charge in [0.25, 0.3) is 0 Å². The zero-order chi connectivity index (χ0) is 21.4. The van der Waals surface area contributed by atoms with Gasteiger partial charge in [0.1, 0.15) is 0 Å². The maximum atomic E-state index is 13.7. The largest absolute Gasteiger partial charge is 0.420 e. The maximum Gasteiger partial charge on any atom is 0.313 e. The Bertz CT molecular complexity index is 1080. The van der Waals surface area contributed by atoms with Crippen molar-refractivity contribution in [3.8, 4) is 5.75 Å². The SMILES string of the molecule is O=C(CCN1c2ccccc2Sc2ccccc21)Oc1c(F)c(F)c(F)c(F)c1F. The standard InChI is InChI=1S/C21H12F5NO2S/c22-16-17(23)19(25)21(20(26)18(16)24)29-15(28)9-10-27-11-5-1-3-7-13(11)30-14-8-4-2-6-12(14)27/h1-8H,9-10H2. The molecule has 0 amide bonds. The van der Waals surface area contributed by atoms with E-state index in [1.165, 1.54) is 0 Å². The molecule has 1 aliphatic heterocycles. The lowest BCUT2D eigenvalue weighted by Crippen LogP contribution is -2.25. The van der Waals surface area contributed by atoms with E-state index < -0.39 is 40.8 Å². The molecule has 0 atom stereocenters. The van der Waals surface area contributed by atoms with Gasteiger partial charge in [-0.05, 0) is 24.3 Å². The van der Waals surface area contributed by atoms with Crippen molar-refractivity contribution in [3.63, 3.8) is 0 Å². The van der Waals surface area contributed by atoms with Crippen molar-refractivity contribution < 1.29 is 31.5 Å². The van der Waals surface area contributed by atoms with E-state index in [0.29, 0.717) is 0 Å². The first-order valence-electron chi connectivity index (χ1n) is 8.74. The average molecular weight is 437 g/mol. The number of para-hydroxylation sites is 2. The normalized spacial score (nSPS) is 12.4. The number of ether oxygens (including phenoxy) is 1. The topological polar surface area (TPSA) is 29.5 Å². The summed E-state index contributed by atoms with van der Waals surface area (Å²) in [6.45, 7) is 0.0722. The van der Waals surface area contributed by atoms with Crippen LogP contribution in [0, 0.1) is 29.1 Å². The fraction of sp³-hybridized carbons (Fsp3) is 0.0952. The molecule has 0 aromatic heterocycles. The molecule has 3 aromatic rings. The number of carbonyl (C=O) groups excluding carboxylic acids is 1. The fourth-order valence-corrected chi connectivity index (χ4v) is 4.16. The zero-order valence-electron chi connectivity index (χ0n) is 15.1. The molecule has 0 spiro atoms. The van der Waals surface area contributed by atoms with E-state index >= 15 is 0 Å². The van der Waals surface area contributed by atoms with Gasteiger partial charge in [0.05, 0.1) is 17.8 Å². The van der Waals surface area contributed by atoms with Gasteiger partial charge >= 0.3 is 5.97 Å². The highest BCUT2D eigenvalue weighted by Gasteiger charge is 2.29. The van der Waals surface area contributed by atoms with E-state index in [1.807, 2.05) is 53.4 Å². The van der Waals surface area contributed by atoms with E-state index in [0.717, 1.165) is 21.2 Å². The predicted molar refractivity (Wildman–Crippen MR) is 100 cm³/mol. The van der Waals surface area contributed by atoms with Crippen molar-refractivity contribution in [1.82, 2.24) is 0 Å². The molecule has 0 aliphatic carbocycles. The summed E-state index contributed by atoms with van der Waals surface area (Å²) < 4.78 is 71.7. The second kappa shape index (κ2) is 7.98. The van der Waals surface area contributed by atoms with Gasteiger partial charge in [-0.3, -0.25) is 4.79 Å². The van der Waals surface area contributed by atoms with Crippen molar-refractivity contribution in [1.29, 1.82) is 0 Å². The van der Waals surface area contributed by atoms with Gasteiger partial charge in [-0.2, -0.15) is 8.78 Å². The fourth-order valence-electron chi connectivity index (χ4n) is 3.06. The highest BCUT2D eigenvalue weighted by molar-refractivity contribution is 7.99. The van der Waals surface area contributed by atoms with E-state index in [2.05, 4.69) is 4.74 Å². The number of anilines is 2. The van der Waals surface area contributed by atoms with Crippen LogP contribution in [0.25, 0.3) is 0 Å². The minimum atomic E-state index is -2.32. The number of hydrogen-bond acceptors (Lipinski definition) is 4. The molecule has 4 rings (SSSR count). The number of benzene rings is 3. The Morgan fingerprint density at radius 3 is 1.77 bits per heavy atom. The van der Waals surface area contributed by atoms with Crippen LogP contribution in [-0.4, -0.2) is 12.5 Å². The van der Waals surface area contributed by atoms with E-state index in [9.17, 15) is 26.7 Å². The van der Waals surface area contributed by atoms with Gasteiger partial charge in [-0.25, -0.2) is 13.2 Å². The van der Waals surface area contributed by atoms with Gasteiger partial charge in [0, 0.05) is 16.3 Å². The van der Waals surface area contributed by atoms with Crippen molar-refractivity contribution >= 4 is 29.1 Å². The molecule has 0 saturated carbocycles. The lowest BCUT2D eigenvalue weighted by Gasteiger charge is -2.32. The molecule has 0 N–H and O–H groups in total. The molecule has 0 bridgehead atoms. The van der Waals surface area contributed by atoms with Crippen LogP contribution in [-0.2, 0) is 4.79 Å². The first-order chi connectivity index (χ1) is 14.4. The van der Waals surface area contributed by atoms with Crippen LogP contribution in [0.3, 0.4) is 0 Å². The summed E-state index contributed by atoms with van der Waals surface area (Å²) in [6, 6.07) is 14.9. The van der Waals surface area contributed by atoms with Crippen molar-refractivity contribution in [2.24, 2.45) is 0 Å². The first-order valence-corrected chi connectivity index (χ1v) is 9.55. The Kier molecular flexibility index (Phi) is 5.38. The second-order valence-electron chi connectivity index (χ2n) is 6.31. The molecule has 0 fully saturated rings. The summed E-state index contributed by atoms with van der Waals surface area (Å²) in [4.78, 5) is 15.9. The summed E-state index contributed by atoms with van der Waals surface area (Å²) in [5, 5.41) is 0. The molecule has 3 aromatic carbocycles. The van der Waals surface area contributed by atoms with Crippen LogP contribution < -0.4 is 9.64 Å². The van der Waals surface area contributed by atoms with E-state index in [-0.39, 0.29) is 13.0 Å². The zero-order valence-corrected chi connectivity index (χ0v) is 15.9. The summed E-state index contributed by atoms with van der Waals surface area (Å²) in [7, 11) is 0. The maximum absolute atomic E-state index is 13.7. The number of fused-ring (bicyclic) bond motifs is 2. The Hall–Kier alpha value is -3.07. The minimum Gasteiger partial charge on any atom is -0.420 e. The Balaban J connectivity index is 1.56. The van der Waals surface area contributed by atoms with Gasteiger partial charge in [-0.1, -0.05) is 36.0 Å². The molecule has 0 radical (unpaired) electrons. The molecule has 0 unspecified atom stereocenters. The van der Waals surface area contributed by atoms with Crippen LogP contribution in [0.5, 0.6) is 5.75 Å². The molecular formula is C21H12F5NO2S. The quantitative estimate of drug-likeness (QED) is 0.165. The molecule has 30 heavy (non-hydrogen) atoms. The highest BCUT2D eigenvalue weighted by atomic mass is 32.2. The Labute approximate surface area is 172 Å². The van der Waals surface area contributed by atoms with Crippen LogP contribution >= 0.6 is 11.8 Å². The molecule has 9 heteroatoms.